The van der Waals surface area contributed by atoms with E-state index in [-0.39, 0.29) is 10.8 Å². The molecule has 0 aliphatic carbocycles. The zero-order valence-electron chi connectivity index (χ0n) is 18.0. The molecular formula is C24H26N2O4S. The number of hydrogen-bond donors (Lipinski definition) is 1. The third-order valence-corrected chi connectivity index (χ3v) is 6.95. The van der Waals surface area contributed by atoms with Gasteiger partial charge in [0.1, 0.15) is 5.75 Å². The second-order valence-corrected chi connectivity index (χ2v) is 9.06. The molecule has 0 saturated carbocycles. The Bertz CT molecular complexity index is 1210. The number of anilines is 2. The van der Waals surface area contributed by atoms with E-state index in [0.29, 0.717) is 28.3 Å². The highest BCUT2D eigenvalue weighted by atomic mass is 32.2. The van der Waals surface area contributed by atoms with Gasteiger partial charge >= 0.3 is 0 Å². The van der Waals surface area contributed by atoms with Crippen molar-refractivity contribution in [2.45, 2.75) is 25.2 Å². The maximum absolute atomic E-state index is 13.3. The van der Waals surface area contributed by atoms with Gasteiger partial charge in [-0.2, -0.15) is 0 Å². The van der Waals surface area contributed by atoms with Crippen LogP contribution in [0.4, 0.5) is 11.4 Å². The number of benzene rings is 3. The van der Waals surface area contributed by atoms with Gasteiger partial charge in [-0.3, -0.25) is 9.10 Å². The van der Waals surface area contributed by atoms with Crippen LogP contribution in [0.15, 0.2) is 71.6 Å². The molecule has 0 fully saturated rings. The first kappa shape index (κ1) is 22.4. The van der Waals surface area contributed by atoms with E-state index in [2.05, 4.69) is 5.32 Å². The minimum absolute atomic E-state index is 0.0282. The van der Waals surface area contributed by atoms with Crippen LogP contribution in [-0.4, -0.2) is 28.5 Å². The average molecular weight is 439 g/mol. The second-order valence-electron chi connectivity index (χ2n) is 7.09. The molecule has 0 aromatic heterocycles. The zero-order chi connectivity index (χ0) is 22.6. The molecule has 7 heteroatoms. The number of ether oxygens (including phenoxy) is 1. The minimum atomic E-state index is -3.91. The Morgan fingerprint density at radius 1 is 1.03 bits per heavy atom. The largest absolute Gasteiger partial charge is 0.495 e. The molecule has 0 heterocycles. The van der Waals surface area contributed by atoms with Crippen molar-refractivity contribution in [2.75, 3.05) is 23.8 Å². The maximum Gasteiger partial charge on any atom is 0.264 e. The van der Waals surface area contributed by atoms with Gasteiger partial charge in [-0.05, 0) is 54.8 Å². The van der Waals surface area contributed by atoms with Crippen LogP contribution in [-0.2, 0) is 16.4 Å². The predicted molar refractivity (Wildman–Crippen MR) is 124 cm³/mol. The molecule has 162 valence electrons. The molecule has 0 radical (unpaired) electrons. The fourth-order valence-corrected chi connectivity index (χ4v) is 4.56. The van der Waals surface area contributed by atoms with Gasteiger partial charge in [-0.25, -0.2) is 8.42 Å². The number of carbonyl (C=O) groups is 1. The molecule has 0 aliphatic rings. The fourth-order valence-electron chi connectivity index (χ4n) is 3.32. The Balaban J connectivity index is 1.97. The van der Waals surface area contributed by atoms with E-state index in [4.69, 9.17) is 4.74 Å². The zero-order valence-corrected chi connectivity index (χ0v) is 18.9. The lowest BCUT2D eigenvalue weighted by Crippen LogP contribution is -2.27. The minimum Gasteiger partial charge on any atom is -0.495 e. The first-order chi connectivity index (χ1) is 14.8. The third kappa shape index (κ3) is 4.56. The van der Waals surface area contributed by atoms with Crippen LogP contribution in [0.1, 0.15) is 28.4 Å². The number of nitrogens with zero attached hydrogens (tertiary/aromatic N) is 1. The molecule has 0 saturated heterocycles. The normalized spacial score (nSPS) is 11.1. The maximum atomic E-state index is 13.3. The van der Waals surface area contributed by atoms with E-state index in [1.807, 2.05) is 31.2 Å². The number of carbonyl (C=O) groups excluding carboxylic acids is 1. The second kappa shape index (κ2) is 9.22. The van der Waals surface area contributed by atoms with Crippen LogP contribution in [0.25, 0.3) is 0 Å². The van der Waals surface area contributed by atoms with Crippen molar-refractivity contribution in [3.8, 4) is 5.75 Å². The van der Waals surface area contributed by atoms with Crippen molar-refractivity contribution in [2.24, 2.45) is 0 Å². The van der Waals surface area contributed by atoms with Crippen molar-refractivity contribution < 1.29 is 17.9 Å². The van der Waals surface area contributed by atoms with Crippen molar-refractivity contribution in [3.63, 3.8) is 0 Å². The molecule has 0 unspecified atom stereocenters. The van der Waals surface area contributed by atoms with Gasteiger partial charge in [0.15, 0.2) is 0 Å². The summed E-state index contributed by atoms with van der Waals surface area (Å²) in [7, 11) is -0.959. The monoisotopic (exact) mass is 438 g/mol. The molecule has 0 atom stereocenters. The fraction of sp³-hybridized carbons (Fsp3) is 0.208. The van der Waals surface area contributed by atoms with Gasteiger partial charge in [-0.1, -0.05) is 43.3 Å². The van der Waals surface area contributed by atoms with Gasteiger partial charge in [-0.15, -0.1) is 0 Å². The van der Waals surface area contributed by atoms with Gasteiger partial charge < -0.3 is 10.1 Å². The topological polar surface area (TPSA) is 75.7 Å². The van der Waals surface area contributed by atoms with Crippen molar-refractivity contribution in [3.05, 3.63) is 83.4 Å². The number of methoxy groups -OCH3 is 1. The Morgan fingerprint density at radius 2 is 1.71 bits per heavy atom. The van der Waals surface area contributed by atoms with E-state index in [9.17, 15) is 13.2 Å². The number of nitrogens with one attached hydrogen (secondary N) is 1. The van der Waals surface area contributed by atoms with Crippen LogP contribution in [0.5, 0.6) is 5.75 Å². The highest BCUT2D eigenvalue weighted by Crippen LogP contribution is 2.31. The van der Waals surface area contributed by atoms with E-state index in [1.54, 1.807) is 37.3 Å². The molecule has 1 N–H and O–H groups in total. The average Bonchev–Trinajstić information content (AvgIpc) is 2.78. The molecule has 0 spiro atoms. The van der Waals surface area contributed by atoms with Gasteiger partial charge in [0.2, 0.25) is 0 Å². The molecule has 6 nitrogen and oxygen atoms in total. The van der Waals surface area contributed by atoms with E-state index in [0.717, 1.165) is 16.3 Å². The summed E-state index contributed by atoms with van der Waals surface area (Å²) in [6.45, 7) is 3.79. The van der Waals surface area contributed by atoms with Crippen LogP contribution >= 0.6 is 0 Å². The molecular weight excluding hydrogens is 412 g/mol. The van der Waals surface area contributed by atoms with E-state index >= 15 is 0 Å². The lowest BCUT2D eigenvalue weighted by atomic mass is 10.1. The van der Waals surface area contributed by atoms with Gasteiger partial charge in [0.25, 0.3) is 15.9 Å². The predicted octanol–water partition coefficient (Wildman–Crippen LogP) is 4.64. The highest BCUT2D eigenvalue weighted by Gasteiger charge is 2.25. The number of aryl methyl sites for hydroxylation is 2. The highest BCUT2D eigenvalue weighted by molar-refractivity contribution is 7.92. The van der Waals surface area contributed by atoms with Crippen LogP contribution in [0, 0.1) is 6.92 Å². The lowest BCUT2D eigenvalue weighted by molar-refractivity contribution is 0.102. The smallest absolute Gasteiger partial charge is 0.264 e. The Morgan fingerprint density at radius 3 is 2.42 bits per heavy atom. The first-order valence-electron chi connectivity index (χ1n) is 9.91. The number of para-hydroxylation sites is 3. The van der Waals surface area contributed by atoms with Gasteiger partial charge in [0.05, 0.1) is 17.7 Å². The molecule has 1 amide bonds. The van der Waals surface area contributed by atoms with E-state index < -0.39 is 10.0 Å². The molecule has 3 rings (SSSR count). The molecule has 0 aliphatic heterocycles. The quantitative estimate of drug-likeness (QED) is 0.583. The molecule has 0 bridgehead atoms. The summed E-state index contributed by atoms with van der Waals surface area (Å²) in [5, 5.41) is 2.91. The number of sulfonamides is 1. The Labute approximate surface area is 183 Å². The van der Waals surface area contributed by atoms with Crippen LogP contribution < -0.4 is 14.4 Å². The summed E-state index contributed by atoms with van der Waals surface area (Å²) >= 11 is 0. The van der Waals surface area contributed by atoms with Gasteiger partial charge in [0, 0.05) is 18.3 Å². The van der Waals surface area contributed by atoms with E-state index in [1.165, 1.54) is 26.3 Å². The third-order valence-electron chi connectivity index (χ3n) is 5.18. The summed E-state index contributed by atoms with van der Waals surface area (Å²) in [4.78, 5) is 13.0. The number of amides is 1. The Hall–Kier alpha value is -3.32. The summed E-state index contributed by atoms with van der Waals surface area (Å²) in [6.07, 6.45) is 0.771. The van der Waals surface area contributed by atoms with Crippen molar-refractivity contribution >= 4 is 27.3 Å². The number of hydrogen-bond acceptors (Lipinski definition) is 4. The summed E-state index contributed by atoms with van der Waals surface area (Å²) in [6, 6.07) is 19.0. The van der Waals surface area contributed by atoms with Crippen LogP contribution in [0.3, 0.4) is 0 Å². The standard InChI is InChI=1S/C24H26N2O4S/c1-5-18-10-6-7-11-21(18)25-24(27)20-16-19(15-14-17(20)2)31(28,29)26(3)22-12-8-9-13-23(22)30-4/h6-16H,5H2,1-4H3,(H,25,27). The van der Waals surface area contributed by atoms with Crippen molar-refractivity contribution in [1.82, 2.24) is 0 Å². The van der Waals surface area contributed by atoms with Crippen LogP contribution in [0.2, 0.25) is 0 Å². The molecule has 3 aromatic carbocycles. The summed E-state index contributed by atoms with van der Waals surface area (Å²) in [5.74, 6) is 0.0882. The first-order valence-corrected chi connectivity index (χ1v) is 11.4. The summed E-state index contributed by atoms with van der Waals surface area (Å²) in [5.41, 5.74) is 3.13. The molecule has 3 aromatic rings. The SMILES string of the molecule is CCc1ccccc1NC(=O)c1cc(S(=O)(=O)N(C)c2ccccc2OC)ccc1C. The Kier molecular flexibility index (Phi) is 6.65. The van der Waals surface area contributed by atoms with Crippen molar-refractivity contribution in [1.29, 1.82) is 0 Å². The molecule has 31 heavy (non-hydrogen) atoms. The number of rotatable bonds is 7. The summed E-state index contributed by atoms with van der Waals surface area (Å²) < 4.78 is 33.0. The lowest BCUT2D eigenvalue weighted by Gasteiger charge is -2.22.